The molecule has 4 N–H and O–H groups in total. The molecular formula is C10H21N3O2. The van der Waals surface area contributed by atoms with Crippen molar-refractivity contribution in [3.05, 3.63) is 0 Å². The highest BCUT2D eigenvalue weighted by Gasteiger charge is 2.23. The second kappa shape index (κ2) is 6.63. The lowest BCUT2D eigenvalue weighted by Crippen LogP contribution is -2.28. The van der Waals surface area contributed by atoms with Gasteiger partial charge in [0.1, 0.15) is 5.84 Å². The second-order valence-corrected chi connectivity index (χ2v) is 4.02. The van der Waals surface area contributed by atoms with Gasteiger partial charge in [0.2, 0.25) is 0 Å². The zero-order chi connectivity index (χ0) is 11.1. The molecule has 0 aliphatic carbocycles. The summed E-state index contributed by atoms with van der Waals surface area (Å²) in [5, 5.41) is 14.6. The fourth-order valence-corrected chi connectivity index (χ4v) is 1.78. The van der Waals surface area contributed by atoms with Crippen LogP contribution in [-0.2, 0) is 4.74 Å². The zero-order valence-electron chi connectivity index (χ0n) is 9.28. The number of oxime groups is 1. The van der Waals surface area contributed by atoms with Gasteiger partial charge in [0, 0.05) is 19.6 Å². The summed E-state index contributed by atoms with van der Waals surface area (Å²) in [7, 11) is 0. The van der Waals surface area contributed by atoms with E-state index >= 15 is 0 Å². The quantitative estimate of drug-likeness (QED) is 0.198. The highest BCUT2D eigenvalue weighted by molar-refractivity contribution is 5.79. The molecule has 15 heavy (non-hydrogen) atoms. The maximum atomic E-state index is 8.32. The lowest BCUT2D eigenvalue weighted by atomic mass is 10.0. The predicted molar refractivity (Wildman–Crippen MR) is 59.0 cm³/mol. The molecule has 88 valence electrons. The fraction of sp³-hybridized carbons (Fsp3) is 0.900. The fourth-order valence-electron chi connectivity index (χ4n) is 1.78. The molecule has 5 heteroatoms. The van der Waals surface area contributed by atoms with Gasteiger partial charge in [-0.25, -0.2) is 0 Å². The summed E-state index contributed by atoms with van der Waals surface area (Å²) in [4.78, 5) is 0. The van der Waals surface area contributed by atoms with Crippen LogP contribution in [0.5, 0.6) is 0 Å². The van der Waals surface area contributed by atoms with E-state index in [4.69, 9.17) is 15.7 Å². The van der Waals surface area contributed by atoms with E-state index in [0.29, 0.717) is 24.3 Å². The van der Waals surface area contributed by atoms with Crippen molar-refractivity contribution in [3.63, 3.8) is 0 Å². The van der Waals surface area contributed by atoms with Gasteiger partial charge in [-0.15, -0.1) is 0 Å². The Bertz CT molecular complexity index is 209. The third kappa shape index (κ3) is 4.48. The maximum Gasteiger partial charge on any atom is 0.139 e. The lowest BCUT2D eigenvalue weighted by molar-refractivity contribution is 0.105. The third-order valence-corrected chi connectivity index (χ3v) is 2.85. The third-order valence-electron chi connectivity index (χ3n) is 2.85. The first-order valence-corrected chi connectivity index (χ1v) is 5.52. The van der Waals surface area contributed by atoms with E-state index in [-0.39, 0.29) is 0 Å². The SMILES string of the molecule is CC1OCCC1CNCCCC(N)=NO. The Kier molecular flexibility index (Phi) is 5.42. The Morgan fingerprint density at radius 2 is 2.47 bits per heavy atom. The van der Waals surface area contributed by atoms with E-state index < -0.39 is 0 Å². The molecule has 1 aliphatic heterocycles. The van der Waals surface area contributed by atoms with Gasteiger partial charge >= 0.3 is 0 Å². The maximum absolute atomic E-state index is 8.32. The van der Waals surface area contributed by atoms with Gasteiger partial charge in [-0.2, -0.15) is 0 Å². The topological polar surface area (TPSA) is 79.9 Å². The molecule has 0 saturated carbocycles. The first-order valence-electron chi connectivity index (χ1n) is 5.52. The monoisotopic (exact) mass is 215 g/mol. The molecule has 0 bridgehead atoms. The van der Waals surface area contributed by atoms with E-state index in [1.54, 1.807) is 0 Å². The minimum absolute atomic E-state index is 0.300. The number of amidine groups is 1. The number of nitrogens with two attached hydrogens (primary N) is 1. The molecule has 2 unspecified atom stereocenters. The summed E-state index contributed by atoms with van der Waals surface area (Å²) in [6.45, 7) is 4.91. The van der Waals surface area contributed by atoms with Crippen LogP contribution in [0.4, 0.5) is 0 Å². The summed E-state index contributed by atoms with van der Waals surface area (Å²) in [6.07, 6.45) is 3.06. The molecule has 1 saturated heterocycles. The number of hydrogen-bond donors (Lipinski definition) is 3. The lowest BCUT2D eigenvalue weighted by Gasteiger charge is -2.14. The molecule has 1 heterocycles. The van der Waals surface area contributed by atoms with Gasteiger partial charge in [0.05, 0.1) is 6.10 Å². The van der Waals surface area contributed by atoms with Crippen molar-refractivity contribution < 1.29 is 9.94 Å². The van der Waals surface area contributed by atoms with E-state index in [9.17, 15) is 0 Å². The van der Waals surface area contributed by atoms with Crippen molar-refractivity contribution >= 4 is 5.84 Å². The van der Waals surface area contributed by atoms with Crippen LogP contribution in [0.2, 0.25) is 0 Å². The summed E-state index contributed by atoms with van der Waals surface area (Å²) in [5.41, 5.74) is 5.35. The van der Waals surface area contributed by atoms with Crippen LogP contribution in [0.3, 0.4) is 0 Å². The highest BCUT2D eigenvalue weighted by atomic mass is 16.5. The molecular weight excluding hydrogens is 194 g/mol. The number of nitrogens with one attached hydrogen (secondary N) is 1. The van der Waals surface area contributed by atoms with Gasteiger partial charge < -0.3 is 21.0 Å². The van der Waals surface area contributed by atoms with Crippen LogP contribution in [0.25, 0.3) is 0 Å². The molecule has 2 atom stereocenters. The van der Waals surface area contributed by atoms with Crippen molar-refractivity contribution in [2.75, 3.05) is 19.7 Å². The number of nitrogens with zero attached hydrogens (tertiary/aromatic N) is 1. The van der Waals surface area contributed by atoms with E-state index in [1.807, 2.05) is 0 Å². The first kappa shape index (κ1) is 12.3. The molecule has 5 nitrogen and oxygen atoms in total. The number of ether oxygens (including phenoxy) is 1. The van der Waals surface area contributed by atoms with Crippen LogP contribution in [0.1, 0.15) is 26.2 Å². The second-order valence-electron chi connectivity index (χ2n) is 4.02. The molecule has 1 rings (SSSR count). The van der Waals surface area contributed by atoms with Gasteiger partial charge in [-0.3, -0.25) is 0 Å². The van der Waals surface area contributed by atoms with Crippen molar-refractivity contribution in [3.8, 4) is 0 Å². The summed E-state index contributed by atoms with van der Waals surface area (Å²) < 4.78 is 5.47. The molecule has 0 amide bonds. The first-order chi connectivity index (χ1) is 7.24. The molecule has 1 fully saturated rings. The highest BCUT2D eigenvalue weighted by Crippen LogP contribution is 2.19. The van der Waals surface area contributed by atoms with E-state index in [1.165, 1.54) is 0 Å². The zero-order valence-corrected chi connectivity index (χ0v) is 9.28. The normalized spacial score (nSPS) is 27.1. The van der Waals surface area contributed by atoms with Crippen molar-refractivity contribution in [2.45, 2.75) is 32.3 Å². The van der Waals surface area contributed by atoms with Crippen LogP contribution in [-0.4, -0.2) is 36.8 Å². The average Bonchev–Trinajstić information content (AvgIpc) is 2.63. The molecule has 0 aromatic carbocycles. The molecule has 0 spiro atoms. The van der Waals surface area contributed by atoms with E-state index in [0.717, 1.165) is 32.5 Å². The van der Waals surface area contributed by atoms with Crippen molar-refractivity contribution in [2.24, 2.45) is 16.8 Å². The van der Waals surface area contributed by atoms with Gasteiger partial charge in [-0.1, -0.05) is 5.16 Å². The van der Waals surface area contributed by atoms with Gasteiger partial charge in [-0.05, 0) is 32.2 Å². The van der Waals surface area contributed by atoms with Crippen LogP contribution in [0.15, 0.2) is 5.16 Å². The van der Waals surface area contributed by atoms with Gasteiger partial charge in [0.15, 0.2) is 0 Å². The van der Waals surface area contributed by atoms with E-state index in [2.05, 4.69) is 17.4 Å². The minimum atomic E-state index is 0.300. The van der Waals surface area contributed by atoms with Crippen molar-refractivity contribution in [1.29, 1.82) is 0 Å². The number of hydrogen-bond acceptors (Lipinski definition) is 4. The predicted octanol–water partition coefficient (Wildman–Crippen LogP) is 0.528. The van der Waals surface area contributed by atoms with Gasteiger partial charge in [0.25, 0.3) is 0 Å². The summed E-state index contributed by atoms with van der Waals surface area (Å²) in [5.74, 6) is 0.934. The molecule has 0 aromatic rings. The summed E-state index contributed by atoms with van der Waals surface area (Å²) in [6, 6.07) is 0. The molecule has 0 radical (unpaired) electrons. The number of rotatable bonds is 6. The minimum Gasteiger partial charge on any atom is -0.409 e. The summed E-state index contributed by atoms with van der Waals surface area (Å²) >= 11 is 0. The largest absolute Gasteiger partial charge is 0.409 e. The van der Waals surface area contributed by atoms with Crippen LogP contribution < -0.4 is 11.1 Å². The Hall–Kier alpha value is -0.810. The average molecular weight is 215 g/mol. The van der Waals surface area contributed by atoms with Crippen LogP contribution in [0, 0.1) is 5.92 Å². The molecule has 0 aromatic heterocycles. The standard InChI is InChI=1S/C10H21N3O2/c1-8-9(4-6-15-8)7-12-5-2-3-10(11)13-14/h8-9,12,14H,2-7H2,1H3,(H2,11,13). The Labute approximate surface area is 90.7 Å². The Morgan fingerprint density at radius 1 is 1.67 bits per heavy atom. The van der Waals surface area contributed by atoms with Crippen LogP contribution >= 0.6 is 0 Å². The smallest absolute Gasteiger partial charge is 0.139 e. The Balaban J connectivity index is 1.97. The van der Waals surface area contributed by atoms with Crippen molar-refractivity contribution in [1.82, 2.24) is 5.32 Å². The Morgan fingerprint density at radius 3 is 3.07 bits per heavy atom. The molecule has 1 aliphatic rings.